The summed E-state index contributed by atoms with van der Waals surface area (Å²) in [4.78, 5) is 7.10. The Bertz CT molecular complexity index is 1360. The zero-order chi connectivity index (χ0) is 23.1. The molecular formula is C25H27N3O3S. The Balaban J connectivity index is 2.04. The van der Waals surface area contributed by atoms with Crippen LogP contribution in [0.1, 0.15) is 20.8 Å². The molecule has 3 aromatic carbocycles. The third-order valence-electron chi connectivity index (χ3n) is 5.18. The number of nitrogens with zero attached hydrogens (tertiary/aromatic N) is 2. The van der Waals surface area contributed by atoms with Gasteiger partial charge in [-0.1, -0.05) is 36.4 Å². The fraction of sp³-hybridized carbons (Fsp3) is 0.240. The second-order valence-electron chi connectivity index (χ2n) is 8.76. The third kappa shape index (κ3) is 4.21. The van der Waals surface area contributed by atoms with Gasteiger partial charge in [0.1, 0.15) is 5.75 Å². The lowest BCUT2D eigenvalue weighted by Crippen LogP contribution is -2.38. The average molecular weight is 450 g/mol. The zero-order valence-corrected chi connectivity index (χ0v) is 19.7. The molecule has 0 fully saturated rings. The van der Waals surface area contributed by atoms with E-state index in [0.717, 1.165) is 39.4 Å². The van der Waals surface area contributed by atoms with Crippen molar-refractivity contribution in [2.24, 2.45) is 0 Å². The molecule has 1 N–H and O–H groups in total. The summed E-state index contributed by atoms with van der Waals surface area (Å²) in [5, 5.41) is 2.06. The van der Waals surface area contributed by atoms with E-state index in [1.54, 1.807) is 19.2 Å². The van der Waals surface area contributed by atoms with Gasteiger partial charge < -0.3 is 9.64 Å². The molecule has 0 amide bonds. The highest BCUT2D eigenvalue weighted by atomic mass is 32.2. The van der Waals surface area contributed by atoms with E-state index in [0.29, 0.717) is 11.4 Å². The average Bonchev–Trinajstić information content (AvgIpc) is 2.72. The van der Waals surface area contributed by atoms with Crippen LogP contribution in [0.3, 0.4) is 0 Å². The van der Waals surface area contributed by atoms with Crippen LogP contribution in [0, 0.1) is 0 Å². The minimum absolute atomic E-state index is 0.327. The molecule has 1 heterocycles. The van der Waals surface area contributed by atoms with Crippen LogP contribution in [0.4, 0.5) is 17.1 Å². The van der Waals surface area contributed by atoms with Crippen molar-refractivity contribution in [1.29, 1.82) is 0 Å². The molecule has 0 saturated heterocycles. The maximum Gasteiger partial charge on any atom is 0.229 e. The summed E-state index contributed by atoms with van der Waals surface area (Å²) in [5.41, 5.74) is 3.80. The Morgan fingerprint density at radius 1 is 0.906 bits per heavy atom. The van der Waals surface area contributed by atoms with Crippen molar-refractivity contribution in [3.63, 3.8) is 0 Å². The number of pyridine rings is 1. The number of hydrogen-bond acceptors (Lipinski definition) is 5. The number of rotatable bonds is 5. The van der Waals surface area contributed by atoms with Gasteiger partial charge in [-0.2, -0.15) is 0 Å². The molecule has 4 rings (SSSR count). The first-order valence-electron chi connectivity index (χ1n) is 10.3. The highest BCUT2D eigenvalue weighted by molar-refractivity contribution is 7.92. The van der Waals surface area contributed by atoms with Crippen molar-refractivity contribution in [3.05, 3.63) is 66.7 Å². The maximum atomic E-state index is 11.7. The summed E-state index contributed by atoms with van der Waals surface area (Å²) >= 11 is 0. The molecular weight excluding hydrogens is 422 g/mol. The Morgan fingerprint density at radius 2 is 1.47 bits per heavy atom. The predicted octanol–water partition coefficient (Wildman–Crippen LogP) is 5.70. The van der Waals surface area contributed by atoms with Crippen LogP contribution in [0.15, 0.2) is 66.7 Å². The number of anilines is 3. The number of benzene rings is 3. The zero-order valence-electron chi connectivity index (χ0n) is 18.9. The monoisotopic (exact) mass is 449 g/mol. The fourth-order valence-corrected chi connectivity index (χ4v) is 4.57. The van der Waals surface area contributed by atoms with Gasteiger partial charge in [-0.15, -0.1) is 0 Å². The molecule has 1 aromatic heterocycles. The molecule has 32 heavy (non-hydrogen) atoms. The number of sulfonamides is 1. The van der Waals surface area contributed by atoms with Gasteiger partial charge >= 0.3 is 0 Å². The van der Waals surface area contributed by atoms with Crippen molar-refractivity contribution in [1.82, 2.24) is 4.98 Å². The van der Waals surface area contributed by atoms with Crippen LogP contribution in [0.25, 0.3) is 21.8 Å². The Labute approximate surface area is 188 Å². The minimum atomic E-state index is -3.40. The van der Waals surface area contributed by atoms with Gasteiger partial charge in [-0.05, 0) is 45.0 Å². The van der Waals surface area contributed by atoms with Gasteiger partial charge in [0.25, 0.3) is 0 Å². The number of ether oxygens (including phenoxy) is 1. The molecule has 6 nitrogen and oxygen atoms in total. The molecule has 166 valence electrons. The van der Waals surface area contributed by atoms with E-state index >= 15 is 0 Å². The van der Waals surface area contributed by atoms with Gasteiger partial charge in [0.2, 0.25) is 10.0 Å². The van der Waals surface area contributed by atoms with E-state index in [2.05, 4.69) is 42.5 Å². The van der Waals surface area contributed by atoms with E-state index in [9.17, 15) is 8.42 Å². The summed E-state index contributed by atoms with van der Waals surface area (Å²) in [6.45, 7) is 6.41. The molecule has 0 aliphatic carbocycles. The first-order valence-corrected chi connectivity index (χ1v) is 12.2. The summed E-state index contributed by atoms with van der Waals surface area (Å²) in [6, 6.07) is 21.5. The molecule has 0 aliphatic rings. The van der Waals surface area contributed by atoms with Gasteiger partial charge in [-0.25, -0.2) is 13.4 Å². The molecule has 0 saturated carbocycles. The lowest BCUT2D eigenvalue weighted by atomic mass is 9.98. The summed E-state index contributed by atoms with van der Waals surface area (Å²) in [7, 11) is -1.81. The van der Waals surface area contributed by atoms with Crippen molar-refractivity contribution in [3.8, 4) is 5.75 Å². The number of nitrogens with one attached hydrogen (secondary N) is 1. The van der Waals surface area contributed by atoms with E-state index in [1.165, 1.54) is 0 Å². The Hall–Kier alpha value is -3.32. The van der Waals surface area contributed by atoms with Crippen molar-refractivity contribution >= 4 is 48.9 Å². The second-order valence-corrected chi connectivity index (χ2v) is 10.5. The number of fused-ring (bicyclic) bond motifs is 2. The van der Waals surface area contributed by atoms with Gasteiger partial charge in [0.05, 0.1) is 41.5 Å². The predicted molar refractivity (Wildman–Crippen MR) is 133 cm³/mol. The van der Waals surface area contributed by atoms with Gasteiger partial charge in [-0.3, -0.25) is 4.72 Å². The molecule has 4 aromatic rings. The number of methoxy groups -OCH3 is 1. The quantitative estimate of drug-likeness (QED) is 0.396. The highest BCUT2D eigenvalue weighted by Crippen LogP contribution is 2.45. The SMILES string of the molecule is COc1cc(NS(C)(=O)=O)ccc1N(c1c2ccccc2nc2ccccc12)C(C)(C)C. The first kappa shape index (κ1) is 21.9. The van der Waals surface area contributed by atoms with Crippen LogP contribution in [-0.4, -0.2) is 32.3 Å². The number of aromatic nitrogens is 1. The van der Waals surface area contributed by atoms with Crippen molar-refractivity contribution < 1.29 is 13.2 Å². The number of hydrogen-bond donors (Lipinski definition) is 1. The first-order chi connectivity index (χ1) is 15.1. The van der Waals surface area contributed by atoms with Crippen LogP contribution in [0.2, 0.25) is 0 Å². The Kier molecular flexibility index (Phi) is 5.46. The minimum Gasteiger partial charge on any atom is -0.494 e. The number of para-hydroxylation sites is 2. The molecule has 0 spiro atoms. The third-order valence-corrected chi connectivity index (χ3v) is 5.78. The van der Waals surface area contributed by atoms with Crippen LogP contribution < -0.4 is 14.4 Å². The standard InChI is InChI=1S/C25H27N3O3S/c1-25(2,3)28(22-15-14-17(16-23(22)31-4)27-32(5,29)30)24-18-10-6-8-12-20(18)26-21-13-9-7-11-19(21)24/h6-16,27H,1-5H3. The molecule has 0 atom stereocenters. The summed E-state index contributed by atoms with van der Waals surface area (Å²) < 4.78 is 31.7. The van der Waals surface area contributed by atoms with E-state index in [4.69, 9.17) is 9.72 Å². The summed E-state index contributed by atoms with van der Waals surface area (Å²) in [6.07, 6.45) is 1.13. The normalized spacial score (nSPS) is 12.2. The van der Waals surface area contributed by atoms with E-state index in [1.807, 2.05) is 42.5 Å². The van der Waals surface area contributed by atoms with Crippen LogP contribution >= 0.6 is 0 Å². The van der Waals surface area contributed by atoms with E-state index in [-0.39, 0.29) is 5.54 Å². The lowest BCUT2D eigenvalue weighted by molar-refractivity contribution is 0.412. The van der Waals surface area contributed by atoms with Crippen molar-refractivity contribution in [2.45, 2.75) is 26.3 Å². The summed E-state index contributed by atoms with van der Waals surface area (Å²) in [5.74, 6) is 0.568. The fourth-order valence-electron chi connectivity index (χ4n) is 4.02. The smallest absolute Gasteiger partial charge is 0.229 e. The van der Waals surface area contributed by atoms with Gasteiger partial charge in [0.15, 0.2) is 0 Å². The van der Waals surface area contributed by atoms with Crippen molar-refractivity contribution in [2.75, 3.05) is 23.0 Å². The van der Waals surface area contributed by atoms with Crippen LogP contribution in [0.5, 0.6) is 5.75 Å². The topological polar surface area (TPSA) is 71.5 Å². The second kappa shape index (κ2) is 7.98. The largest absolute Gasteiger partial charge is 0.494 e. The highest BCUT2D eigenvalue weighted by Gasteiger charge is 2.29. The van der Waals surface area contributed by atoms with Gasteiger partial charge in [0, 0.05) is 22.4 Å². The van der Waals surface area contributed by atoms with E-state index < -0.39 is 10.0 Å². The Morgan fingerprint density at radius 3 is 1.97 bits per heavy atom. The molecule has 0 aliphatic heterocycles. The van der Waals surface area contributed by atoms with Crippen LogP contribution in [-0.2, 0) is 10.0 Å². The molecule has 0 bridgehead atoms. The maximum absolute atomic E-state index is 11.7. The lowest BCUT2D eigenvalue weighted by Gasteiger charge is -2.40. The molecule has 0 unspecified atom stereocenters. The molecule has 0 radical (unpaired) electrons. The molecule has 7 heteroatoms.